The first-order valence-corrected chi connectivity index (χ1v) is 10.4. The summed E-state index contributed by atoms with van der Waals surface area (Å²) in [6.07, 6.45) is 3.49. The monoisotopic (exact) mass is 403 g/mol. The molecule has 1 saturated heterocycles. The van der Waals surface area contributed by atoms with Gasteiger partial charge in [-0.15, -0.1) is 0 Å². The van der Waals surface area contributed by atoms with E-state index in [1.807, 2.05) is 18.2 Å². The van der Waals surface area contributed by atoms with Crippen LogP contribution in [0.25, 0.3) is 0 Å². The molecule has 0 bridgehead atoms. The maximum atomic E-state index is 12.8. The fourth-order valence-electron chi connectivity index (χ4n) is 4.87. The standard InChI is InChI=1S/C23H25N5O2/c1-17-5-4-6-18(13-17)14-26-11-8-23(16-26)9-12-27-20(29)21(30)28(25-22(23)27)15-19-7-2-3-10-24-19/h2-7,10,13H,8-9,11-12,14-16H2,1H3/t23-/m0/s1. The van der Waals surface area contributed by atoms with Gasteiger partial charge in [-0.3, -0.25) is 24.0 Å². The highest BCUT2D eigenvalue weighted by molar-refractivity contribution is 5.23. The third-order valence-electron chi connectivity index (χ3n) is 6.38. The van der Waals surface area contributed by atoms with Gasteiger partial charge >= 0.3 is 11.1 Å². The third-order valence-corrected chi connectivity index (χ3v) is 6.38. The number of aryl methyl sites for hydroxylation is 1. The van der Waals surface area contributed by atoms with Crippen LogP contribution in [0.15, 0.2) is 58.3 Å². The van der Waals surface area contributed by atoms with Gasteiger partial charge in [0.05, 0.1) is 12.2 Å². The van der Waals surface area contributed by atoms with E-state index in [1.54, 1.807) is 10.8 Å². The van der Waals surface area contributed by atoms with Crippen LogP contribution in [0.1, 0.15) is 35.5 Å². The van der Waals surface area contributed by atoms with Gasteiger partial charge in [0.1, 0.15) is 5.82 Å². The zero-order chi connectivity index (χ0) is 20.7. The highest BCUT2D eigenvalue weighted by Crippen LogP contribution is 2.40. The maximum Gasteiger partial charge on any atom is 0.332 e. The lowest BCUT2D eigenvalue weighted by Crippen LogP contribution is -2.45. The fraction of sp³-hybridized carbons (Fsp3) is 0.391. The Bertz CT molecular complexity index is 1200. The van der Waals surface area contributed by atoms with Crippen molar-refractivity contribution in [1.82, 2.24) is 24.2 Å². The Balaban J connectivity index is 1.45. The molecular formula is C23H25N5O2. The molecule has 2 aliphatic rings. The van der Waals surface area contributed by atoms with Gasteiger partial charge in [-0.1, -0.05) is 35.9 Å². The summed E-state index contributed by atoms with van der Waals surface area (Å²) >= 11 is 0. The van der Waals surface area contributed by atoms with Crippen LogP contribution in [0.3, 0.4) is 0 Å². The lowest BCUT2D eigenvalue weighted by molar-refractivity contribution is 0.298. The molecule has 0 amide bonds. The summed E-state index contributed by atoms with van der Waals surface area (Å²) in [6.45, 7) is 5.60. The maximum absolute atomic E-state index is 12.8. The highest BCUT2D eigenvalue weighted by Gasteiger charge is 2.47. The molecule has 30 heavy (non-hydrogen) atoms. The molecule has 154 valence electrons. The smallest absolute Gasteiger partial charge is 0.298 e. The van der Waals surface area contributed by atoms with Crippen molar-refractivity contribution in [2.45, 2.75) is 44.8 Å². The number of hydrogen-bond donors (Lipinski definition) is 0. The van der Waals surface area contributed by atoms with Gasteiger partial charge in [0.15, 0.2) is 0 Å². The molecular weight excluding hydrogens is 378 g/mol. The van der Waals surface area contributed by atoms with E-state index in [-0.39, 0.29) is 12.0 Å². The van der Waals surface area contributed by atoms with Gasteiger partial charge in [-0.2, -0.15) is 5.10 Å². The first-order chi connectivity index (χ1) is 14.5. The number of rotatable bonds is 4. The van der Waals surface area contributed by atoms with E-state index in [0.29, 0.717) is 6.54 Å². The molecule has 2 aliphatic heterocycles. The minimum Gasteiger partial charge on any atom is -0.298 e. The molecule has 1 spiro atoms. The lowest BCUT2D eigenvalue weighted by Gasteiger charge is -2.24. The van der Waals surface area contributed by atoms with Crippen LogP contribution in [0.4, 0.5) is 0 Å². The molecule has 1 atom stereocenters. The molecule has 4 heterocycles. The van der Waals surface area contributed by atoms with Crippen molar-refractivity contribution >= 4 is 0 Å². The molecule has 0 saturated carbocycles. The highest BCUT2D eigenvalue weighted by atomic mass is 16.2. The van der Waals surface area contributed by atoms with E-state index in [0.717, 1.165) is 44.0 Å². The zero-order valence-electron chi connectivity index (χ0n) is 17.1. The summed E-state index contributed by atoms with van der Waals surface area (Å²) in [5.74, 6) is 0.759. The molecule has 7 heteroatoms. The van der Waals surface area contributed by atoms with Gasteiger partial charge in [-0.25, -0.2) is 4.68 Å². The summed E-state index contributed by atoms with van der Waals surface area (Å²) < 4.78 is 2.90. The van der Waals surface area contributed by atoms with Crippen molar-refractivity contribution in [1.29, 1.82) is 0 Å². The van der Waals surface area contributed by atoms with Crippen LogP contribution in [-0.4, -0.2) is 37.3 Å². The van der Waals surface area contributed by atoms with Crippen molar-refractivity contribution in [2.24, 2.45) is 0 Å². The SMILES string of the molecule is Cc1cccc(CN2CC[C@]3(CCn4c3nn(Cc3ccccn3)c(=O)c4=O)C2)c1. The minimum absolute atomic E-state index is 0.164. The molecule has 0 unspecified atom stereocenters. The van der Waals surface area contributed by atoms with Crippen molar-refractivity contribution in [3.05, 3.63) is 92.0 Å². The number of benzene rings is 1. The molecule has 3 aromatic rings. The van der Waals surface area contributed by atoms with Crippen molar-refractivity contribution in [2.75, 3.05) is 13.1 Å². The van der Waals surface area contributed by atoms with Crippen LogP contribution in [0.5, 0.6) is 0 Å². The zero-order valence-corrected chi connectivity index (χ0v) is 17.1. The van der Waals surface area contributed by atoms with Crippen LogP contribution in [0.2, 0.25) is 0 Å². The Hall–Kier alpha value is -3.06. The van der Waals surface area contributed by atoms with Crippen LogP contribution < -0.4 is 11.1 Å². The molecule has 2 aromatic heterocycles. The topological polar surface area (TPSA) is 73.0 Å². The molecule has 7 nitrogen and oxygen atoms in total. The van der Waals surface area contributed by atoms with Gasteiger partial charge < -0.3 is 0 Å². The van der Waals surface area contributed by atoms with Gasteiger partial charge in [0.25, 0.3) is 0 Å². The van der Waals surface area contributed by atoms with Crippen LogP contribution in [0, 0.1) is 6.92 Å². The van der Waals surface area contributed by atoms with Crippen molar-refractivity contribution < 1.29 is 0 Å². The molecule has 0 aliphatic carbocycles. The Morgan fingerprint density at radius 2 is 1.87 bits per heavy atom. The quantitative estimate of drug-likeness (QED) is 0.620. The van der Waals surface area contributed by atoms with Crippen LogP contribution >= 0.6 is 0 Å². The average Bonchev–Trinajstić information content (AvgIpc) is 3.31. The van der Waals surface area contributed by atoms with Gasteiger partial charge in [0, 0.05) is 31.2 Å². The van der Waals surface area contributed by atoms with E-state index in [2.05, 4.69) is 41.1 Å². The largest absolute Gasteiger partial charge is 0.332 e. The Kier molecular flexibility index (Phi) is 4.62. The number of aromatic nitrogens is 4. The molecule has 1 aromatic carbocycles. The second-order valence-corrected chi connectivity index (χ2v) is 8.54. The van der Waals surface area contributed by atoms with Crippen molar-refractivity contribution in [3.63, 3.8) is 0 Å². The summed E-state index contributed by atoms with van der Waals surface area (Å²) in [7, 11) is 0. The summed E-state index contributed by atoms with van der Waals surface area (Å²) in [5.41, 5.74) is 2.08. The average molecular weight is 403 g/mol. The van der Waals surface area contributed by atoms with E-state index >= 15 is 0 Å². The molecule has 0 radical (unpaired) electrons. The predicted octanol–water partition coefficient (Wildman–Crippen LogP) is 1.70. The third kappa shape index (κ3) is 3.29. The summed E-state index contributed by atoms with van der Waals surface area (Å²) in [5, 5.41) is 4.70. The Labute approximate surface area is 174 Å². The molecule has 0 N–H and O–H groups in total. The van der Waals surface area contributed by atoms with E-state index in [1.165, 1.54) is 15.8 Å². The number of likely N-dealkylation sites (tertiary alicyclic amines) is 1. The van der Waals surface area contributed by atoms with E-state index < -0.39 is 11.1 Å². The fourth-order valence-corrected chi connectivity index (χ4v) is 4.87. The second-order valence-electron chi connectivity index (χ2n) is 8.54. The Morgan fingerprint density at radius 3 is 2.67 bits per heavy atom. The number of hydrogen-bond acceptors (Lipinski definition) is 5. The summed E-state index contributed by atoms with van der Waals surface area (Å²) in [4.78, 5) is 32.1. The number of pyridine rings is 1. The van der Waals surface area contributed by atoms with E-state index in [4.69, 9.17) is 5.10 Å². The van der Waals surface area contributed by atoms with Crippen LogP contribution in [-0.2, 0) is 25.0 Å². The van der Waals surface area contributed by atoms with Gasteiger partial charge in [-0.05, 0) is 44.0 Å². The summed E-state index contributed by atoms with van der Waals surface area (Å²) in [6, 6.07) is 14.1. The van der Waals surface area contributed by atoms with Crippen molar-refractivity contribution in [3.8, 4) is 0 Å². The van der Waals surface area contributed by atoms with Gasteiger partial charge in [0.2, 0.25) is 0 Å². The minimum atomic E-state index is -0.573. The predicted molar refractivity (Wildman–Crippen MR) is 113 cm³/mol. The Morgan fingerprint density at radius 1 is 1.00 bits per heavy atom. The lowest BCUT2D eigenvalue weighted by atomic mass is 9.85. The van der Waals surface area contributed by atoms with E-state index in [9.17, 15) is 9.59 Å². The normalized spacial score (nSPS) is 20.7. The first kappa shape index (κ1) is 18.9. The molecule has 5 rings (SSSR count). The number of fused-ring (bicyclic) bond motifs is 2. The molecule has 1 fully saturated rings. The number of nitrogens with zero attached hydrogens (tertiary/aromatic N) is 5. The second kappa shape index (κ2) is 7.32. The first-order valence-electron chi connectivity index (χ1n) is 10.4.